The van der Waals surface area contributed by atoms with E-state index in [1.165, 1.54) is 6.07 Å². The summed E-state index contributed by atoms with van der Waals surface area (Å²) in [5.41, 5.74) is 1.64. The third-order valence-corrected chi connectivity index (χ3v) is 2.99. The summed E-state index contributed by atoms with van der Waals surface area (Å²) in [5.74, 6) is 0. The quantitative estimate of drug-likeness (QED) is 0.719. The second-order valence-corrected chi connectivity index (χ2v) is 4.10. The maximum Gasteiger partial charge on any atom is 0.278 e. The predicted octanol–water partition coefficient (Wildman–Crippen LogP) is 4.23. The van der Waals surface area contributed by atoms with Crippen molar-refractivity contribution in [1.29, 1.82) is 0 Å². The minimum atomic E-state index is -0.553. The summed E-state index contributed by atoms with van der Waals surface area (Å²) < 4.78 is 18.4. The average Bonchev–Trinajstić information content (AvgIpc) is 2.46. The molecule has 1 aromatic carbocycles. The minimum Gasteiger partial charge on any atom is -0.430 e. The van der Waals surface area contributed by atoms with Gasteiger partial charge in [0, 0.05) is 16.8 Å². The van der Waals surface area contributed by atoms with E-state index in [1.54, 1.807) is 0 Å². The van der Waals surface area contributed by atoms with Crippen molar-refractivity contribution in [3.8, 4) is 0 Å². The van der Waals surface area contributed by atoms with Crippen LogP contribution in [-0.2, 0) is 5.33 Å². The van der Waals surface area contributed by atoms with Crippen molar-refractivity contribution in [2.45, 2.75) is 5.33 Å². The smallest absolute Gasteiger partial charge is 0.278 e. The summed E-state index contributed by atoms with van der Waals surface area (Å²) in [6.45, 7) is 0. The monoisotopic (exact) mass is 306 g/mol. The summed E-state index contributed by atoms with van der Waals surface area (Å²) in [6.07, 6.45) is 0. The number of rotatable bonds is 1. The van der Waals surface area contributed by atoms with Gasteiger partial charge < -0.3 is 4.42 Å². The average molecular weight is 308 g/mol. The lowest BCUT2D eigenvalue weighted by molar-refractivity contribution is 0.380. The molecular formula is C9H5Br2FO. The van der Waals surface area contributed by atoms with E-state index in [4.69, 9.17) is 4.42 Å². The lowest BCUT2D eigenvalue weighted by Gasteiger charge is -1.97. The van der Waals surface area contributed by atoms with E-state index in [2.05, 4.69) is 31.9 Å². The van der Waals surface area contributed by atoms with Crippen LogP contribution in [0.15, 0.2) is 27.1 Å². The molecule has 0 atom stereocenters. The van der Waals surface area contributed by atoms with Crippen molar-refractivity contribution in [2.24, 2.45) is 0 Å². The zero-order valence-corrected chi connectivity index (χ0v) is 9.65. The highest BCUT2D eigenvalue weighted by Crippen LogP contribution is 2.28. The lowest BCUT2D eigenvalue weighted by atomic mass is 10.2. The molecule has 0 unspecified atom stereocenters. The first-order valence-electron chi connectivity index (χ1n) is 3.64. The van der Waals surface area contributed by atoms with Crippen molar-refractivity contribution >= 4 is 42.8 Å². The normalized spacial score (nSPS) is 11.0. The molecule has 1 heterocycles. The van der Waals surface area contributed by atoms with Crippen molar-refractivity contribution in [1.82, 2.24) is 0 Å². The molecule has 0 N–H and O–H groups in total. The van der Waals surface area contributed by atoms with Gasteiger partial charge in [0.1, 0.15) is 0 Å². The van der Waals surface area contributed by atoms with Crippen LogP contribution in [0.25, 0.3) is 11.0 Å². The van der Waals surface area contributed by atoms with Gasteiger partial charge >= 0.3 is 0 Å². The fraction of sp³-hybridized carbons (Fsp3) is 0.111. The Labute approximate surface area is 91.2 Å². The lowest BCUT2D eigenvalue weighted by Crippen LogP contribution is -1.77. The molecule has 0 aliphatic rings. The van der Waals surface area contributed by atoms with E-state index in [0.29, 0.717) is 5.58 Å². The molecule has 1 aromatic heterocycles. The van der Waals surface area contributed by atoms with Crippen LogP contribution in [0, 0.1) is 6.01 Å². The number of halogens is 3. The summed E-state index contributed by atoms with van der Waals surface area (Å²) in [6, 6.07) is 4.62. The Bertz CT molecular complexity index is 450. The summed E-state index contributed by atoms with van der Waals surface area (Å²) in [4.78, 5) is 0. The van der Waals surface area contributed by atoms with Gasteiger partial charge in [0.25, 0.3) is 6.01 Å². The van der Waals surface area contributed by atoms with Crippen LogP contribution < -0.4 is 0 Å². The highest BCUT2D eigenvalue weighted by molar-refractivity contribution is 9.10. The van der Waals surface area contributed by atoms with Gasteiger partial charge in [-0.25, -0.2) is 0 Å². The first kappa shape index (κ1) is 9.21. The van der Waals surface area contributed by atoms with E-state index < -0.39 is 6.01 Å². The van der Waals surface area contributed by atoms with Crippen LogP contribution in [0.2, 0.25) is 0 Å². The first-order chi connectivity index (χ1) is 6.20. The van der Waals surface area contributed by atoms with Gasteiger partial charge in [0.2, 0.25) is 0 Å². The summed E-state index contributed by atoms with van der Waals surface area (Å²) >= 11 is 6.66. The second kappa shape index (κ2) is 3.42. The maximum atomic E-state index is 12.7. The van der Waals surface area contributed by atoms with Crippen LogP contribution >= 0.6 is 31.9 Å². The Kier molecular flexibility index (Phi) is 2.43. The number of alkyl halides is 1. The molecule has 0 radical (unpaired) electrons. The Hall–Kier alpha value is -0.350. The largest absolute Gasteiger partial charge is 0.430 e. The fourth-order valence-corrected chi connectivity index (χ4v) is 2.14. The standard InChI is InChI=1S/C9H5Br2FO/c10-4-5-1-6-3-8(12)13-9(6)7(11)2-5/h1-3H,4H2. The van der Waals surface area contributed by atoms with Gasteiger partial charge in [0.15, 0.2) is 5.58 Å². The Morgan fingerprint density at radius 3 is 2.77 bits per heavy atom. The van der Waals surface area contributed by atoms with E-state index in [1.807, 2.05) is 12.1 Å². The Morgan fingerprint density at radius 1 is 1.31 bits per heavy atom. The van der Waals surface area contributed by atoms with Crippen molar-refractivity contribution in [3.63, 3.8) is 0 Å². The zero-order valence-electron chi connectivity index (χ0n) is 6.48. The molecule has 0 amide bonds. The zero-order chi connectivity index (χ0) is 9.42. The number of fused-ring (bicyclic) bond motifs is 1. The molecule has 4 heteroatoms. The molecule has 0 spiro atoms. The Morgan fingerprint density at radius 2 is 2.08 bits per heavy atom. The summed E-state index contributed by atoms with van der Waals surface area (Å²) in [5, 5.41) is 1.52. The molecular weight excluding hydrogens is 303 g/mol. The van der Waals surface area contributed by atoms with Crippen molar-refractivity contribution in [2.75, 3.05) is 0 Å². The van der Waals surface area contributed by atoms with Gasteiger partial charge in [-0.3, -0.25) is 0 Å². The van der Waals surface area contributed by atoms with Gasteiger partial charge in [-0.15, -0.1) is 0 Å². The van der Waals surface area contributed by atoms with Crippen molar-refractivity contribution < 1.29 is 8.81 Å². The third-order valence-electron chi connectivity index (χ3n) is 1.75. The van der Waals surface area contributed by atoms with Crippen molar-refractivity contribution in [3.05, 3.63) is 34.2 Å². The Balaban J connectivity index is 2.75. The molecule has 0 bridgehead atoms. The molecule has 2 aromatic rings. The second-order valence-electron chi connectivity index (χ2n) is 2.68. The minimum absolute atomic E-state index is 0.553. The topological polar surface area (TPSA) is 13.1 Å². The van der Waals surface area contributed by atoms with Gasteiger partial charge in [-0.05, 0) is 33.6 Å². The van der Waals surface area contributed by atoms with E-state index in [9.17, 15) is 4.39 Å². The molecule has 0 saturated heterocycles. The molecule has 68 valence electrons. The molecule has 1 nitrogen and oxygen atoms in total. The molecule has 2 rings (SSSR count). The van der Waals surface area contributed by atoms with Crippen LogP contribution in [0.1, 0.15) is 5.56 Å². The molecule has 0 fully saturated rings. The van der Waals surface area contributed by atoms with Crippen LogP contribution in [0.3, 0.4) is 0 Å². The molecule has 0 aliphatic carbocycles. The third kappa shape index (κ3) is 1.65. The molecule has 0 aliphatic heterocycles. The van der Waals surface area contributed by atoms with E-state index in [0.717, 1.165) is 20.8 Å². The number of hydrogen-bond acceptors (Lipinski definition) is 1. The van der Waals surface area contributed by atoms with Crippen LogP contribution in [0.5, 0.6) is 0 Å². The van der Waals surface area contributed by atoms with Gasteiger partial charge in [-0.2, -0.15) is 4.39 Å². The van der Waals surface area contributed by atoms with E-state index >= 15 is 0 Å². The van der Waals surface area contributed by atoms with Crippen LogP contribution in [0.4, 0.5) is 4.39 Å². The predicted molar refractivity (Wildman–Crippen MR) is 56.5 cm³/mol. The highest BCUT2D eigenvalue weighted by Gasteiger charge is 2.07. The number of benzene rings is 1. The number of hydrogen-bond donors (Lipinski definition) is 0. The maximum absolute atomic E-state index is 12.7. The van der Waals surface area contributed by atoms with Gasteiger partial charge in [0.05, 0.1) is 4.47 Å². The summed E-state index contributed by atoms with van der Waals surface area (Å²) in [7, 11) is 0. The highest BCUT2D eigenvalue weighted by atomic mass is 79.9. The number of furan rings is 1. The molecule has 0 saturated carbocycles. The SMILES string of the molecule is Fc1cc2cc(CBr)cc(Br)c2o1. The van der Waals surface area contributed by atoms with Crippen LogP contribution in [-0.4, -0.2) is 0 Å². The fourth-order valence-electron chi connectivity index (χ4n) is 1.21. The molecule has 13 heavy (non-hydrogen) atoms. The van der Waals surface area contributed by atoms with E-state index in [-0.39, 0.29) is 0 Å². The first-order valence-corrected chi connectivity index (χ1v) is 5.55. The van der Waals surface area contributed by atoms with Gasteiger partial charge in [-0.1, -0.05) is 15.9 Å².